The molecule has 1 aliphatic rings. The zero-order valence-electron chi connectivity index (χ0n) is 16.3. The van der Waals surface area contributed by atoms with Crippen LogP contribution in [0.1, 0.15) is 30.4 Å². The molecule has 0 unspecified atom stereocenters. The van der Waals surface area contributed by atoms with Crippen molar-refractivity contribution in [2.75, 3.05) is 25.0 Å². The number of amides is 1. The Morgan fingerprint density at radius 2 is 1.82 bits per heavy atom. The van der Waals surface area contributed by atoms with Crippen molar-refractivity contribution in [1.29, 1.82) is 0 Å². The van der Waals surface area contributed by atoms with Gasteiger partial charge in [0.05, 0.1) is 4.90 Å². The van der Waals surface area contributed by atoms with Crippen LogP contribution in [0, 0.1) is 13.8 Å². The highest BCUT2D eigenvalue weighted by Crippen LogP contribution is 2.26. The highest BCUT2D eigenvalue weighted by Gasteiger charge is 2.26. The fourth-order valence-electron chi connectivity index (χ4n) is 3.26. The maximum absolute atomic E-state index is 12.8. The highest BCUT2D eigenvalue weighted by molar-refractivity contribution is 7.89. The van der Waals surface area contributed by atoms with Crippen molar-refractivity contribution < 1.29 is 17.9 Å². The molecule has 1 fully saturated rings. The predicted molar refractivity (Wildman–Crippen MR) is 109 cm³/mol. The Morgan fingerprint density at radius 3 is 2.50 bits per heavy atom. The second kappa shape index (κ2) is 8.75. The Hall–Kier alpha value is -2.38. The van der Waals surface area contributed by atoms with Crippen molar-refractivity contribution in [2.45, 2.75) is 38.0 Å². The van der Waals surface area contributed by atoms with Crippen molar-refractivity contribution in [3.05, 3.63) is 53.6 Å². The number of carbonyl (C=O) groups excluding carboxylic acids is 1. The van der Waals surface area contributed by atoms with Gasteiger partial charge in [-0.2, -0.15) is 4.31 Å². The Bertz CT molecular complexity index is 951. The zero-order valence-corrected chi connectivity index (χ0v) is 17.1. The van der Waals surface area contributed by atoms with Crippen LogP contribution in [-0.2, 0) is 14.8 Å². The standard InChI is InChI=1S/C21H26N2O4S/c1-16-7-6-8-18(13-16)22-21(24)15-27-20-10-9-19(14-17(20)2)28(25,26)23-11-4-3-5-12-23/h6-10,13-14H,3-5,11-12,15H2,1-2H3,(H,22,24). The summed E-state index contributed by atoms with van der Waals surface area (Å²) < 4.78 is 32.7. The van der Waals surface area contributed by atoms with Crippen molar-refractivity contribution in [3.8, 4) is 5.75 Å². The molecule has 2 aromatic carbocycles. The maximum atomic E-state index is 12.8. The van der Waals surface area contributed by atoms with Gasteiger partial charge < -0.3 is 10.1 Å². The Balaban J connectivity index is 1.63. The topological polar surface area (TPSA) is 75.7 Å². The molecule has 2 aromatic rings. The number of hydrogen-bond acceptors (Lipinski definition) is 4. The Morgan fingerprint density at radius 1 is 1.07 bits per heavy atom. The summed E-state index contributed by atoms with van der Waals surface area (Å²) in [6.07, 6.45) is 2.87. The number of anilines is 1. The average molecular weight is 403 g/mol. The summed E-state index contributed by atoms with van der Waals surface area (Å²) >= 11 is 0. The molecule has 1 heterocycles. The van der Waals surface area contributed by atoms with E-state index >= 15 is 0 Å². The van der Waals surface area contributed by atoms with Gasteiger partial charge in [-0.3, -0.25) is 4.79 Å². The number of nitrogens with one attached hydrogen (secondary N) is 1. The monoisotopic (exact) mass is 402 g/mol. The van der Waals surface area contributed by atoms with Crippen LogP contribution in [-0.4, -0.2) is 38.3 Å². The largest absolute Gasteiger partial charge is 0.483 e. The first kappa shape index (κ1) is 20.4. The number of piperidine rings is 1. The summed E-state index contributed by atoms with van der Waals surface area (Å²) in [5.41, 5.74) is 2.45. The molecule has 0 atom stereocenters. The highest BCUT2D eigenvalue weighted by atomic mass is 32.2. The van der Waals surface area contributed by atoms with E-state index in [1.807, 2.05) is 31.2 Å². The number of hydrogen-bond donors (Lipinski definition) is 1. The quantitative estimate of drug-likeness (QED) is 0.802. The lowest BCUT2D eigenvalue weighted by molar-refractivity contribution is -0.118. The molecule has 0 bridgehead atoms. The molecular formula is C21H26N2O4S. The number of ether oxygens (including phenoxy) is 1. The van der Waals surface area contributed by atoms with Gasteiger partial charge in [0.1, 0.15) is 5.75 Å². The first-order valence-electron chi connectivity index (χ1n) is 9.46. The number of sulfonamides is 1. The second-order valence-electron chi connectivity index (χ2n) is 7.10. The SMILES string of the molecule is Cc1cccc(NC(=O)COc2ccc(S(=O)(=O)N3CCCCC3)cc2C)c1. The van der Waals surface area contributed by atoms with E-state index in [4.69, 9.17) is 4.74 Å². The minimum absolute atomic E-state index is 0.146. The molecule has 1 aliphatic heterocycles. The lowest BCUT2D eigenvalue weighted by atomic mass is 10.2. The van der Waals surface area contributed by atoms with Crippen LogP contribution in [0.25, 0.3) is 0 Å². The first-order valence-corrected chi connectivity index (χ1v) is 10.9. The van der Waals surface area contributed by atoms with Crippen LogP contribution in [0.5, 0.6) is 5.75 Å². The molecular weight excluding hydrogens is 376 g/mol. The van der Waals surface area contributed by atoms with E-state index in [0.29, 0.717) is 30.1 Å². The molecule has 0 aromatic heterocycles. The smallest absolute Gasteiger partial charge is 0.262 e. The van der Waals surface area contributed by atoms with Gasteiger partial charge in [-0.05, 0) is 68.1 Å². The van der Waals surface area contributed by atoms with Gasteiger partial charge in [0.2, 0.25) is 10.0 Å². The van der Waals surface area contributed by atoms with Crippen LogP contribution in [0.2, 0.25) is 0 Å². The minimum atomic E-state index is -3.48. The van der Waals surface area contributed by atoms with Crippen LogP contribution in [0.4, 0.5) is 5.69 Å². The van der Waals surface area contributed by atoms with E-state index in [-0.39, 0.29) is 17.4 Å². The lowest BCUT2D eigenvalue weighted by Gasteiger charge is -2.26. The third-order valence-corrected chi connectivity index (χ3v) is 6.65. The molecule has 28 heavy (non-hydrogen) atoms. The molecule has 0 saturated carbocycles. The van der Waals surface area contributed by atoms with Gasteiger partial charge in [0, 0.05) is 18.8 Å². The lowest BCUT2D eigenvalue weighted by Crippen LogP contribution is -2.35. The van der Waals surface area contributed by atoms with Gasteiger partial charge in [-0.15, -0.1) is 0 Å². The second-order valence-corrected chi connectivity index (χ2v) is 9.04. The molecule has 1 N–H and O–H groups in total. The summed E-state index contributed by atoms with van der Waals surface area (Å²) in [7, 11) is -3.48. The van der Waals surface area contributed by atoms with E-state index in [1.165, 1.54) is 0 Å². The van der Waals surface area contributed by atoms with Crippen molar-refractivity contribution in [3.63, 3.8) is 0 Å². The number of benzene rings is 2. The molecule has 6 nitrogen and oxygen atoms in total. The Labute approximate surface area is 166 Å². The van der Waals surface area contributed by atoms with Gasteiger partial charge in [-0.25, -0.2) is 8.42 Å². The van der Waals surface area contributed by atoms with Crippen molar-refractivity contribution in [1.82, 2.24) is 4.31 Å². The van der Waals surface area contributed by atoms with Crippen LogP contribution in [0.15, 0.2) is 47.4 Å². The van der Waals surface area contributed by atoms with E-state index in [2.05, 4.69) is 5.32 Å². The number of rotatable bonds is 6. The fourth-order valence-corrected chi connectivity index (χ4v) is 4.86. The molecule has 1 amide bonds. The van der Waals surface area contributed by atoms with Crippen molar-refractivity contribution >= 4 is 21.6 Å². The summed E-state index contributed by atoms with van der Waals surface area (Å²) in [6, 6.07) is 12.3. The van der Waals surface area contributed by atoms with Crippen LogP contribution >= 0.6 is 0 Å². The van der Waals surface area contributed by atoms with Crippen molar-refractivity contribution in [2.24, 2.45) is 0 Å². The van der Waals surface area contributed by atoms with E-state index in [0.717, 1.165) is 24.8 Å². The third kappa shape index (κ3) is 4.91. The van der Waals surface area contributed by atoms with Crippen LogP contribution < -0.4 is 10.1 Å². The predicted octanol–water partition coefficient (Wildman–Crippen LogP) is 3.50. The summed E-state index contributed by atoms with van der Waals surface area (Å²) in [5.74, 6) is 0.229. The zero-order chi connectivity index (χ0) is 20.1. The summed E-state index contributed by atoms with van der Waals surface area (Å²) in [4.78, 5) is 12.4. The molecule has 0 spiro atoms. The number of carbonyl (C=O) groups is 1. The fraction of sp³-hybridized carbons (Fsp3) is 0.381. The van der Waals surface area contributed by atoms with Gasteiger partial charge in [-0.1, -0.05) is 18.6 Å². The Kier molecular flexibility index (Phi) is 6.36. The maximum Gasteiger partial charge on any atom is 0.262 e. The molecule has 0 radical (unpaired) electrons. The normalized spacial score (nSPS) is 15.2. The van der Waals surface area contributed by atoms with E-state index in [1.54, 1.807) is 29.4 Å². The van der Waals surface area contributed by atoms with E-state index < -0.39 is 10.0 Å². The molecule has 7 heteroatoms. The minimum Gasteiger partial charge on any atom is -0.483 e. The summed E-state index contributed by atoms with van der Waals surface area (Å²) in [5, 5.41) is 2.78. The first-order chi connectivity index (χ1) is 13.4. The van der Waals surface area contributed by atoms with Gasteiger partial charge in [0.25, 0.3) is 5.91 Å². The van der Waals surface area contributed by atoms with Crippen LogP contribution in [0.3, 0.4) is 0 Å². The molecule has 150 valence electrons. The number of aryl methyl sites for hydroxylation is 2. The summed E-state index contributed by atoms with van der Waals surface area (Å²) in [6.45, 7) is 4.72. The van der Waals surface area contributed by atoms with Gasteiger partial charge >= 0.3 is 0 Å². The molecule has 3 rings (SSSR count). The van der Waals surface area contributed by atoms with E-state index in [9.17, 15) is 13.2 Å². The van der Waals surface area contributed by atoms with Gasteiger partial charge in [0.15, 0.2) is 6.61 Å². The third-order valence-electron chi connectivity index (χ3n) is 4.76. The average Bonchev–Trinajstić information content (AvgIpc) is 2.67. The molecule has 0 aliphatic carbocycles. The number of nitrogens with zero attached hydrogens (tertiary/aromatic N) is 1. The molecule has 1 saturated heterocycles.